The Morgan fingerprint density at radius 3 is 2.95 bits per heavy atom. The maximum atomic E-state index is 12.8. The van der Waals surface area contributed by atoms with Crippen LogP contribution in [0.3, 0.4) is 0 Å². The van der Waals surface area contributed by atoms with Gasteiger partial charge in [-0.15, -0.1) is 0 Å². The number of nitrogens with zero attached hydrogens (tertiary/aromatic N) is 1. The zero-order valence-electron chi connectivity index (χ0n) is 11.8. The van der Waals surface area contributed by atoms with Crippen molar-refractivity contribution in [3.63, 3.8) is 0 Å². The molecule has 0 aliphatic carbocycles. The summed E-state index contributed by atoms with van der Waals surface area (Å²) in [5, 5.41) is 3.37. The van der Waals surface area contributed by atoms with E-state index in [1.807, 2.05) is 12.1 Å². The van der Waals surface area contributed by atoms with Crippen LogP contribution in [-0.4, -0.2) is 29.4 Å². The summed E-state index contributed by atoms with van der Waals surface area (Å²) < 4.78 is 0. The number of hydrogen-bond acceptors (Lipinski definition) is 2. The van der Waals surface area contributed by atoms with E-state index in [1.54, 1.807) is 0 Å². The molecule has 2 heterocycles. The molecule has 3 rings (SSSR count). The monoisotopic (exact) mass is 258 g/mol. The maximum absolute atomic E-state index is 12.8. The van der Waals surface area contributed by atoms with Gasteiger partial charge in [-0.05, 0) is 56.8 Å². The van der Waals surface area contributed by atoms with Crippen molar-refractivity contribution >= 4 is 5.91 Å². The number of amides is 1. The van der Waals surface area contributed by atoms with Crippen molar-refractivity contribution < 1.29 is 4.79 Å². The number of fused-ring (bicyclic) bond motifs is 1. The normalized spacial score (nSPS) is 21.3. The van der Waals surface area contributed by atoms with E-state index in [9.17, 15) is 4.79 Å². The van der Waals surface area contributed by atoms with Gasteiger partial charge in [-0.1, -0.05) is 12.1 Å². The van der Waals surface area contributed by atoms with Crippen molar-refractivity contribution in [2.45, 2.75) is 45.2 Å². The average molecular weight is 258 g/mol. The fourth-order valence-electron chi connectivity index (χ4n) is 3.36. The van der Waals surface area contributed by atoms with Crippen molar-refractivity contribution in [1.29, 1.82) is 0 Å². The molecule has 0 atom stereocenters. The van der Waals surface area contributed by atoms with Crippen LogP contribution in [0.1, 0.15) is 48.2 Å². The minimum atomic E-state index is 0.00667. The van der Waals surface area contributed by atoms with Gasteiger partial charge in [0.25, 0.3) is 5.91 Å². The van der Waals surface area contributed by atoms with Crippen molar-refractivity contribution in [3.05, 3.63) is 34.9 Å². The summed E-state index contributed by atoms with van der Waals surface area (Å²) in [6, 6.07) is 6.15. The molecule has 0 unspecified atom stereocenters. The lowest BCUT2D eigenvalue weighted by atomic mass is 9.93. The van der Waals surface area contributed by atoms with E-state index >= 15 is 0 Å². The molecular formula is C16H22N2O. The fraction of sp³-hybridized carbons (Fsp3) is 0.562. The molecule has 102 valence electrons. The van der Waals surface area contributed by atoms with Gasteiger partial charge in [0, 0.05) is 24.2 Å². The Balaban J connectivity index is 1.96. The summed E-state index contributed by atoms with van der Waals surface area (Å²) in [5.41, 5.74) is 3.48. The number of carbonyl (C=O) groups is 1. The molecule has 19 heavy (non-hydrogen) atoms. The van der Waals surface area contributed by atoms with E-state index in [0.29, 0.717) is 0 Å². The molecule has 0 spiro atoms. The predicted molar refractivity (Wildman–Crippen MR) is 76.2 cm³/mol. The number of nitrogens with one attached hydrogen (secondary N) is 1. The Kier molecular flexibility index (Phi) is 3.09. The number of rotatable bonds is 1. The van der Waals surface area contributed by atoms with Gasteiger partial charge in [-0.3, -0.25) is 4.79 Å². The van der Waals surface area contributed by atoms with Gasteiger partial charge in [0.05, 0.1) is 0 Å². The molecule has 2 aliphatic rings. The van der Waals surface area contributed by atoms with Crippen LogP contribution in [0, 0.1) is 0 Å². The van der Waals surface area contributed by atoms with Crippen LogP contribution in [0.2, 0.25) is 0 Å². The molecule has 3 heteroatoms. The standard InChI is InChI=1S/C16H22N2O/c1-16(2)8-4-10-18(16)15(19)14-6-3-5-12-11-17-9-7-13(12)14/h3,5-6,17H,4,7-11H2,1-2H3. The van der Waals surface area contributed by atoms with E-state index < -0.39 is 0 Å². The Hall–Kier alpha value is -1.35. The summed E-state index contributed by atoms with van der Waals surface area (Å²) in [4.78, 5) is 14.9. The lowest BCUT2D eigenvalue weighted by Gasteiger charge is -2.33. The van der Waals surface area contributed by atoms with Crippen LogP contribution >= 0.6 is 0 Å². The van der Waals surface area contributed by atoms with Crippen LogP contribution in [0.5, 0.6) is 0 Å². The second-order valence-corrected chi connectivity index (χ2v) is 6.24. The number of hydrogen-bond donors (Lipinski definition) is 1. The van der Waals surface area contributed by atoms with Crippen LogP contribution in [0.15, 0.2) is 18.2 Å². The first-order valence-electron chi connectivity index (χ1n) is 7.23. The highest BCUT2D eigenvalue weighted by molar-refractivity contribution is 5.96. The molecule has 2 aliphatic heterocycles. The number of carbonyl (C=O) groups excluding carboxylic acids is 1. The first-order chi connectivity index (χ1) is 9.09. The fourth-order valence-corrected chi connectivity index (χ4v) is 3.36. The predicted octanol–water partition coefficient (Wildman–Crippen LogP) is 2.35. The average Bonchev–Trinajstić information content (AvgIpc) is 2.77. The second-order valence-electron chi connectivity index (χ2n) is 6.24. The molecular weight excluding hydrogens is 236 g/mol. The second kappa shape index (κ2) is 4.64. The van der Waals surface area contributed by atoms with Gasteiger partial charge >= 0.3 is 0 Å². The molecule has 0 aromatic heterocycles. The van der Waals surface area contributed by atoms with E-state index in [4.69, 9.17) is 0 Å². The highest BCUT2D eigenvalue weighted by atomic mass is 16.2. The molecule has 3 nitrogen and oxygen atoms in total. The SMILES string of the molecule is CC1(C)CCCN1C(=O)c1cccc2c1CCNC2. The molecule has 1 amide bonds. The number of likely N-dealkylation sites (tertiary alicyclic amines) is 1. The Morgan fingerprint density at radius 2 is 2.21 bits per heavy atom. The van der Waals surface area contributed by atoms with Gasteiger partial charge in [0.15, 0.2) is 0 Å². The summed E-state index contributed by atoms with van der Waals surface area (Å²) in [7, 11) is 0. The molecule has 0 radical (unpaired) electrons. The Morgan fingerprint density at radius 1 is 1.37 bits per heavy atom. The zero-order valence-corrected chi connectivity index (χ0v) is 11.8. The Labute approximate surface area is 115 Å². The third-order valence-corrected chi connectivity index (χ3v) is 4.52. The van der Waals surface area contributed by atoms with E-state index in [-0.39, 0.29) is 11.4 Å². The van der Waals surface area contributed by atoms with Crippen LogP contribution in [0.25, 0.3) is 0 Å². The minimum Gasteiger partial charge on any atom is -0.334 e. The quantitative estimate of drug-likeness (QED) is 0.838. The molecule has 1 aromatic carbocycles. The minimum absolute atomic E-state index is 0.00667. The third kappa shape index (κ3) is 2.16. The van der Waals surface area contributed by atoms with E-state index in [1.165, 1.54) is 11.1 Å². The largest absolute Gasteiger partial charge is 0.334 e. The van der Waals surface area contributed by atoms with Crippen molar-refractivity contribution in [2.24, 2.45) is 0 Å². The first kappa shape index (κ1) is 12.7. The van der Waals surface area contributed by atoms with Crippen molar-refractivity contribution in [2.75, 3.05) is 13.1 Å². The lowest BCUT2D eigenvalue weighted by Crippen LogP contribution is -2.43. The summed E-state index contributed by atoms with van der Waals surface area (Å²) in [5.74, 6) is 0.223. The van der Waals surface area contributed by atoms with E-state index in [2.05, 4.69) is 30.1 Å². The third-order valence-electron chi connectivity index (χ3n) is 4.52. The van der Waals surface area contributed by atoms with Crippen LogP contribution in [-0.2, 0) is 13.0 Å². The zero-order chi connectivity index (χ0) is 13.5. The molecule has 1 aromatic rings. The van der Waals surface area contributed by atoms with Gasteiger partial charge < -0.3 is 10.2 Å². The van der Waals surface area contributed by atoms with Gasteiger partial charge in [-0.25, -0.2) is 0 Å². The van der Waals surface area contributed by atoms with Crippen LogP contribution in [0.4, 0.5) is 0 Å². The first-order valence-corrected chi connectivity index (χ1v) is 7.23. The Bertz CT molecular complexity index is 507. The summed E-state index contributed by atoms with van der Waals surface area (Å²) >= 11 is 0. The van der Waals surface area contributed by atoms with Gasteiger partial charge in [0.1, 0.15) is 0 Å². The highest BCUT2D eigenvalue weighted by Crippen LogP contribution is 2.31. The lowest BCUT2D eigenvalue weighted by molar-refractivity contribution is 0.0650. The van der Waals surface area contributed by atoms with Crippen molar-refractivity contribution in [3.8, 4) is 0 Å². The topological polar surface area (TPSA) is 32.3 Å². The number of benzene rings is 1. The molecule has 0 bridgehead atoms. The summed E-state index contributed by atoms with van der Waals surface area (Å²) in [6.07, 6.45) is 3.19. The molecule has 1 fully saturated rings. The van der Waals surface area contributed by atoms with Crippen molar-refractivity contribution in [1.82, 2.24) is 10.2 Å². The molecule has 0 saturated carbocycles. The maximum Gasteiger partial charge on any atom is 0.254 e. The summed E-state index contributed by atoms with van der Waals surface area (Å²) in [6.45, 7) is 7.11. The highest BCUT2D eigenvalue weighted by Gasteiger charge is 2.36. The van der Waals surface area contributed by atoms with Gasteiger partial charge in [-0.2, -0.15) is 0 Å². The van der Waals surface area contributed by atoms with Gasteiger partial charge in [0.2, 0.25) is 0 Å². The smallest absolute Gasteiger partial charge is 0.254 e. The molecule has 1 saturated heterocycles. The van der Waals surface area contributed by atoms with Crippen LogP contribution < -0.4 is 5.32 Å². The van der Waals surface area contributed by atoms with E-state index in [0.717, 1.165) is 44.5 Å². The molecule has 1 N–H and O–H groups in total.